The van der Waals surface area contributed by atoms with E-state index in [0.29, 0.717) is 17.7 Å². The van der Waals surface area contributed by atoms with Gasteiger partial charge < -0.3 is 5.32 Å². The van der Waals surface area contributed by atoms with Gasteiger partial charge in [-0.2, -0.15) is 5.26 Å². The Morgan fingerprint density at radius 3 is 2.59 bits per heavy atom. The Morgan fingerprint density at radius 1 is 1.03 bits per heavy atom. The zero-order valence-corrected chi connectivity index (χ0v) is 17.1. The zero-order chi connectivity index (χ0) is 20.1. The van der Waals surface area contributed by atoms with Crippen molar-refractivity contribution in [3.8, 4) is 6.07 Å². The van der Waals surface area contributed by atoms with Gasteiger partial charge in [0.2, 0.25) is 0 Å². The average Bonchev–Trinajstić information content (AvgIpc) is 3.19. The molecule has 0 unspecified atom stereocenters. The molecule has 1 aromatic heterocycles. The van der Waals surface area contributed by atoms with E-state index in [0.717, 1.165) is 31.4 Å². The largest absolute Gasteiger partial charge is 0.345 e. The summed E-state index contributed by atoms with van der Waals surface area (Å²) in [5.41, 5.74) is 3.37. The molecule has 0 bridgehead atoms. The lowest BCUT2D eigenvalue weighted by molar-refractivity contribution is 0.0948. The first kappa shape index (κ1) is 19.2. The molecule has 0 spiro atoms. The van der Waals surface area contributed by atoms with Crippen molar-refractivity contribution in [3.63, 3.8) is 0 Å². The molecule has 1 amide bonds. The van der Waals surface area contributed by atoms with Gasteiger partial charge in [0.05, 0.1) is 34.0 Å². The third-order valence-corrected chi connectivity index (χ3v) is 6.53. The Labute approximate surface area is 177 Å². The highest BCUT2D eigenvalue weighted by Gasteiger charge is 2.12. The highest BCUT2D eigenvalue weighted by molar-refractivity contribution is 7.98. The fourth-order valence-electron chi connectivity index (χ4n) is 2.86. The van der Waals surface area contributed by atoms with E-state index in [1.54, 1.807) is 23.1 Å². The first-order chi connectivity index (χ1) is 14.2. The summed E-state index contributed by atoms with van der Waals surface area (Å²) in [6.07, 6.45) is 0. The summed E-state index contributed by atoms with van der Waals surface area (Å²) in [5, 5.41) is 12.8. The van der Waals surface area contributed by atoms with Crippen LogP contribution in [0.2, 0.25) is 0 Å². The van der Waals surface area contributed by atoms with Crippen LogP contribution in [-0.4, -0.2) is 10.9 Å². The highest BCUT2D eigenvalue weighted by atomic mass is 32.2. The van der Waals surface area contributed by atoms with Crippen molar-refractivity contribution >= 4 is 39.2 Å². The quantitative estimate of drug-likeness (QED) is 0.429. The smallest absolute Gasteiger partial charge is 0.252 e. The number of thioether (sulfide) groups is 1. The molecule has 0 aliphatic heterocycles. The Balaban J connectivity index is 1.42. The molecule has 1 heterocycles. The van der Waals surface area contributed by atoms with E-state index in [1.807, 2.05) is 72.8 Å². The second-order valence-corrected chi connectivity index (χ2v) is 8.48. The second kappa shape index (κ2) is 8.91. The molecule has 0 saturated heterocycles. The molecule has 29 heavy (non-hydrogen) atoms. The van der Waals surface area contributed by atoms with E-state index >= 15 is 0 Å². The van der Waals surface area contributed by atoms with Crippen LogP contribution in [0.5, 0.6) is 0 Å². The summed E-state index contributed by atoms with van der Waals surface area (Å²) in [6.45, 7) is 0.410. The van der Waals surface area contributed by atoms with E-state index in [4.69, 9.17) is 5.26 Å². The van der Waals surface area contributed by atoms with Gasteiger partial charge in [0.25, 0.3) is 5.91 Å². The number of thiazole rings is 1. The molecule has 0 saturated carbocycles. The predicted octanol–water partition coefficient (Wildman–Crippen LogP) is 5.39. The minimum atomic E-state index is -0.104. The van der Waals surface area contributed by atoms with Gasteiger partial charge in [-0.15, -0.1) is 23.1 Å². The van der Waals surface area contributed by atoms with Gasteiger partial charge in [-0.05, 0) is 42.0 Å². The van der Waals surface area contributed by atoms with E-state index in [9.17, 15) is 4.79 Å². The fraction of sp³-hybridized carbons (Fsp3) is 0.0870. The van der Waals surface area contributed by atoms with Crippen molar-refractivity contribution in [3.05, 3.63) is 94.5 Å². The minimum absolute atomic E-state index is 0.104. The Kier molecular flexibility index (Phi) is 5.89. The number of nitrogens with one attached hydrogen (secondary N) is 1. The van der Waals surface area contributed by atoms with Crippen LogP contribution in [0.25, 0.3) is 10.2 Å². The lowest BCUT2D eigenvalue weighted by atomic mass is 10.2. The van der Waals surface area contributed by atoms with E-state index in [-0.39, 0.29) is 5.91 Å². The van der Waals surface area contributed by atoms with Crippen LogP contribution in [-0.2, 0) is 12.3 Å². The van der Waals surface area contributed by atoms with Gasteiger partial charge in [0.1, 0.15) is 5.01 Å². The normalized spacial score (nSPS) is 10.6. The van der Waals surface area contributed by atoms with E-state index in [2.05, 4.69) is 16.4 Å². The molecule has 4 rings (SSSR count). The molecule has 6 heteroatoms. The van der Waals surface area contributed by atoms with Crippen molar-refractivity contribution in [2.45, 2.75) is 17.2 Å². The van der Waals surface area contributed by atoms with Gasteiger partial charge in [-0.25, -0.2) is 4.98 Å². The summed E-state index contributed by atoms with van der Waals surface area (Å²) in [6, 6.07) is 25.2. The standard InChI is InChI=1S/C23H17N3OS2/c24-13-16-9-11-17(12-10-16)15-28-20-7-3-1-5-18(20)23(27)25-14-22-26-19-6-2-4-8-21(19)29-22/h1-12H,14-15H2,(H,25,27). The number of benzene rings is 3. The van der Waals surface area contributed by atoms with Crippen molar-refractivity contribution in [2.24, 2.45) is 0 Å². The number of amides is 1. The Morgan fingerprint density at radius 2 is 1.79 bits per heavy atom. The summed E-state index contributed by atoms with van der Waals surface area (Å²) >= 11 is 3.21. The monoisotopic (exact) mass is 415 g/mol. The Hall–Kier alpha value is -3.14. The molecule has 1 N–H and O–H groups in total. The lowest BCUT2D eigenvalue weighted by Gasteiger charge is -2.09. The molecule has 0 aliphatic rings. The average molecular weight is 416 g/mol. The molecule has 3 aromatic carbocycles. The molecule has 4 aromatic rings. The first-order valence-electron chi connectivity index (χ1n) is 9.06. The molecule has 0 aliphatic carbocycles. The Bertz CT molecular complexity index is 1160. The second-order valence-electron chi connectivity index (χ2n) is 6.35. The SMILES string of the molecule is N#Cc1ccc(CSc2ccccc2C(=O)NCc2nc3ccccc3s2)cc1. The van der Waals surface area contributed by atoms with Crippen LogP contribution in [0, 0.1) is 11.3 Å². The fourth-order valence-corrected chi connectivity index (χ4v) is 4.78. The number of hydrogen-bond acceptors (Lipinski definition) is 5. The summed E-state index contributed by atoms with van der Waals surface area (Å²) in [5.74, 6) is 0.626. The number of nitriles is 1. The molecule has 0 atom stereocenters. The van der Waals surface area contributed by atoms with Crippen LogP contribution in [0.1, 0.15) is 26.5 Å². The third-order valence-electron chi connectivity index (χ3n) is 4.35. The summed E-state index contributed by atoms with van der Waals surface area (Å²) < 4.78 is 1.12. The maximum Gasteiger partial charge on any atom is 0.252 e. The molecule has 0 fully saturated rings. The first-order valence-corrected chi connectivity index (χ1v) is 10.9. The minimum Gasteiger partial charge on any atom is -0.345 e. The number of rotatable bonds is 6. The number of para-hydroxylation sites is 1. The molecule has 4 nitrogen and oxygen atoms in total. The maximum absolute atomic E-state index is 12.8. The zero-order valence-electron chi connectivity index (χ0n) is 15.5. The number of aromatic nitrogens is 1. The van der Waals surface area contributed by atoms with Crippen LogP contribution < -0.4 is 5.32 Å². The maximum atomic E-state index is 12.8. The van der Waals surface area contributed by atoms with E-state index in [1.165, 1.54) is 0 Å². The van der Waals surface area contributed by atoms with Crippen molar-refractivity contribution in [1.29, 1.82) is 5.26 Å². The van der Waals surface area contributed by atoms with Gasteiger partial charge in [-0.1, -0.05) is 36.4 Å². The molecule has 0 radical (unpaired) electrons. The number of carbonyl (C=O) groups is 1. The van der Waals surface area contributed by atoms with Crippen molar-refractivity contribution in [1.82, 2.24) is 10.3 Å². The lowest BCUT2D eigenvalue weighted by Crippen LogP contribution is -2.23. The van der Waals surface area contributed by atoms with Gasteiger partial charge in [-0.3, -0.25) is 4.79 Å². The highest BCUT2D eigenvalue weighted by Crippen LogP contribution is 2.27. The van der Waals surface area contributed by atoms with Crippen LogP contribution in [0.3, 0.4) is 0 Å². The van der Waals surface area contributed by atoms with Crippen molar-refractivity contribution < 1.29 is 4.79 Å². The van der Waals surface area contributed by atoms with Gasteiger partial charge >= 0.3 is 0 Å². The number of hydrogen-bond donors (Lipinski definition) is 1. The van der Waals surface area contributed by atoms with Crippen LogP contribution >= 0.6 is 23.1 Å². The third kappa shape index (κ3) is 4.65. The number of carbonyl (C=O) groups excluding carboxylic acids is 1. The van der Waals surface area contributed by atoms with Gasteiger partial charge in [0.15, 0.2) is 0 Å². The summed E-state index contributed by atoms with van der Waals surface area (Å²) in [7, 11) is 0. The topological polar surface area (TPSA) is 65.8 Å². The molecular weight excluding hydrogens is 398 g/mol. The van der Waals surface area contributed by atoms with Gasteiger partial charge in [0, 0.05) is 10.6 Å². The predicted molar refractivity (Wildman–Crippen MR) is 118 cm³/mol. The van der Waals surface area contributed by atoms with Crippen LogP contribution in [0.4, 0.5) is 0 Å². The molecular formula is C23H17N3OS2. The van der Waals surface area contributed by atoms with Crippen molar-refractivity contribution in [2.75, 3.05) is 0 Å². The summed E-state index contributed by atoms with van der Waals surface area (Å²) in [4.78, 5) is 18.3. The number of nitrogens with zero attached hydrogens (tertiary/aromatic N) is 2. The van der Waals surface area contributed by atoms with Crippen LogP contribution in [0.15, 0.2) is 77.7 Å². The number of fused-ring (bicyclic) bond motifs is 1. The molecule has 142 valence electrons. The van der Waals surface area contributed by atoms with E-state index < -0.39 is 0 Å².